The highest BCUT2D eigenvalue weighted by Gasteiger charge is 2.39. The first kappa shape index (κ1) is 27.9. The normalized spacial score (nSPS) is 16.3. The Labute approximate surface area is 242 Å². The number of benzene rings is 2. The lowest BCUT2D eigenvalue weighted by Crippen LogP contribution is -2.27. The number of pyridine rings is 2. The Morgan fingerprint density at radius 3 is 2.52 bits per heavy atom. The molecular formula is C33H31F3N4O2. The summed E-state index contributed by atoms with van der Waals surface area (Å²) in [7, 11) is 0. The molecule has 9 heteroatoms. The van der Waals surface area contributed by atoms with E-state index in [0.717, 1.165) is 22.7 Å². The van der Waals surface area contributed by atoms with E-state index in [4.69, 9.17) is 14.5 Å². The topological polar surface area (TPSA) is 62.1 Å². The van der Waals surface area contributed by atoms with Crippen molar-refractivity contribution in [2.45, 2.75) is 46.8 Å². The molecule has 4 heterocycles. The standard InChI is InChI=1S/C33H31F3N4O2/c1-19-8-11-27-28(12-19)40(29-17-41-18-33(29,3)4)30(38-27)14-22-13-25(35)23(15-24(22)34)26-6-5-7-31(39-26)42-16-21-10-9-20(2)37-32(21)36/h5-13,15,29H,14,16-18H2,1-4H3. The molecule has 1 aliphatic heterocycles. The second kappa shape index (κ2) is 10.9. The van der Waals surface area contributed by atoms with Crippen LogP contribution in [0.25, 0.3) is 22.3 Å². The number of hydrogen-bond donors (Lipinski definition) is 0. The van der Waals surface area contributed by atoms with Gasteiger partial charge in [-0.25, -0.2) is 23.7 Å². The van der Waals surface area contributed by atoms with Crippen molar-refractivity contribution < 1.29 is 22.6 Å². The number of aromatic nitrogens is 4. The van der Waals surface area contributed by atoms with E-state index in [-0.39, 0.29) is 52.7 Å². The Morgan fingerprint density at radius 1 is 0.929 bits per heavy atom. The van der Waals surface area contributed by atoms with E-state index in [1.807, 2.05) is 19.1 Å². The van der Waals surface area contributed by atoms with Gasteiger partial charge in [0.05, 0.1) is 36.0 Å². The number of imidazole rings is 1. The van der Waals surface area contributed by atoms with Crippen LogP contribution >= 0.6 is 0 Å². The zero-order valence-electron chi connectivity index (χ0n) is 23.9. The minimum absolute atomic E-state index is 0.000614. The van der Waals surface area contributed by atoms with Gasteiger partial charge < -0.3 is 14.0 Å². The number of ether oxygens (including phenoxy) is 2. The van der Waals surface area contributed by atoms with Crippen molar-refractivity contribution in [3.8, 4) is 17.1 Å². The van der Waals surface area contributed by atoms with Gasteiger partial charge >= 0.3 is 0 Å². The van der Waals surface area contributed by atoms with Crippen LogP contribution in [0.1, 0.15) is 48.1 Å². The molecule has 1 aliphatic rings. The molecule has 3 aromatic heterocycles. The minimum Gasteiger partial charge on any atom is -0.473 e. The molecule has 0 N–H and O–H groups in total. The van der Waals surface area contributed by atoms with Crippen LogP contribution in [0.5, 0.6) is 5.88 Å². The summed E-state index contributed by atoms with van der Waals surface area (Å²) in [5, 5.41) is 0. The number of aryl methyl sites for hydroxylation is 2. The van der Waals surface area contributed by atoms with Crippen LogP contribution in [0.3, 0.4) is 0 Å². The average molecular weight is 573 g/mol. The van der Waals surface area contributed by atoms with Gasteiger partial charge in [0.25, 0.3) is 0 Å². The molecule has 216 valence electrons. The number of hydrogen-bond acceptors (Lipinski definition) is 5. The molecule has 5 aromatic rings. The fraction of sp³-hybridized carbons (Fsp3) is 0.303. The molecule has 6 rings (SSSR count). The summed E-state index contributed by atoms with van der Waals surface area (Å²) in [6.45, 7) is 9.02. The van der Waals surface area contributed by atoms with Gasteiger partial charge in [0.15, 0.2) is 0 Å². The highest BCUT2D eigenvalue weighted by molar-refractivity contribution is 5.77. The number of halogens is 3. The Balaban J connectivity index is 1.30. The first-order valence-electron chi connectivity index (χ1n) is 13.8. The Bertz CT molecular complexity index is 1800. The molecule has 0 radical (unpaired) electrons. The van der Waals surface area contributed by atoms with E-state index in [2.05, 4.69) is 34.4 Å². The number of nitrogens with zero attached hydrogens (tertiary/aromatic N) is 4. The average Bonchev–Trinajstić information content (AvgIpc) is 3.47. The van der Waals surface area contributed by atoms with Gasteiger partial charge in [-0.3, -0.25) is 0 Å². The van der Waals surface area contributed by atoms with Gasteiger partial charge in [-0.05, 0) is 67.4 Å². The third-order valence-corrected chi connectivity index (χ3v) is 7.81. The van der Waals surface area contributed by atoms with E-state index in [0.29, 0.717) is 24.7 Å². The van der Waals surface area contributed by atoms with Crippen molar-refractivity contribution >= 4 is 11.0 Å². The molecule has 1 unspecified atom stereocenters. The molecule has 0 spiro atoms. The summed E-state index contributed by atoms with van der Waals surface area (Å²) in [5.74, 6) is -1.00. The van der Waals surface area contributed by atoms with Crippen molar-refractivity contribution in [2.75, 3.05) is 13.2 Å². The zero-order chi connectivity index (χ0) is 29.6. The quantitative estimate of drug-likeness (QED) is 0.192. The molecule has 0 amide bonds. The van der Waals surface area contributed by atoms with Gasteiger partial charge in [0.2, 0.25) is 11.8 Å². The van der Waals surface area contributed by atoms with E-state index in [1.54, 1.807) is 37.3 Å². The van der Waals surface area contributed by atoms with Crippen LogP contribution in [0.15, 0.2) is 60.7 Å². The molecule has 42 heavy (non-hydrogen) atoms. The number of rotatable bonds is 7. The predicted molar refractivity (Wildman–Crippen MR) is 154 cm³/mol. The zero-order valence-corrected chi connectivity index (χ0v) is 23.9. The summed E-state index contributed by atoms with van der Waals surface area (Å²) in [6, 6.07) is 16.4. The molecular weight excluding hydrogens is 541 g/mol. The fourth-order valence-electron chi connectivity index (χ4n) is 5.45. The SMILES string of the molecule is Cc1ccc2nc(Cc3cc(F)c(-c4cccc(OCc5ccc(C)nc5F)n4)cc3F)n(C3COCC3(C)C)c2c1. The lowest BCUT2D eigenvalue weighted by Gasteiger charge is -2.28. The summed E-state index contributed by atoms with van der Waals surface area (Å²) < 4.78 is 58.8. The van der Waals surface area contributed by atoms with Crippen molar-refractivity contribution in [3.05, 3.63) is 106 Å². The van der Waals surface area contributed by atoms with Crippen molar-refractivity contribution in [3.63, 3.8) is 0 Å². The molecule has 0 saturated carbocycles. The van der Waals surface area contributed by atoms with E-state index >= 15 is 8.78 Å². The summed E-state index contributed by atoms with van der Waals surface area (Å²) in [5.41, 5.74) is 3.91. The maximum absolute atomic E-state index is 15.6. The highest BCUT2D eigenvalue weighted by Crippen LogP contribution is 2.40. The summed E-state index contributed by atoms with van der Waals surface area (Å²) >= 11 is 0. The summed E-state index contributed by atoms with van der Waals surface area (Å²) in [4.78, 5) is 13.0. The fourth-order valence-corrected chi connectivity index (χ4v) is 5.45. The first-order valence-corrected chi connectivity index (χ1v) is 13.8. The molecule has 0 bridgehead atoms. The van der Waals surface area contributed by atoms with Crippen LogP contribution in [-0.2, 0) is 17.8 Å². The highest BCUT2D eigenvalue weighted by atomic mass is 19.1. The van der Waals surface area contributed by atoms with Crippen molar-refractivity contribution in [1.29, 1.82) is 0 Å². The lowest BCUT2D eigenvalue weighted by atomic mass is 9.87. The predicted octanol–water partition coefficient (Wildman–Crippen LogP) is 7.29. The minimum atomic E-state index is -0.623. The van der Waals surface area contributed by atoms with Crippen molar-refractivity contribution in [2.24, 2.45) is 5.41 Å². The van der Waals surface area contributed by atoms with Gasteiger partial charge in [-0.1, -0.05) is 26.0 Å². The molecule has 1 saturated heterocycles. The van der Waals surface area contributed by atoms with Crippen LogP contribution in [0, 0.1) is 36.8 Å². The van der Waals surface area contributed by atoms with Crippen LogP contribution in [0.4, 0.5) is 13.2 Å². The van der Waals surface area contributed by atoms with Gasteiger partial charge in [0.1, 0.15) is 24.1 Å². The smallest absolute Gasteiger partial charge is 0.219 e. The van der Waals surface area contributed by atoms with E-state index < -0.39 is 17.6 Å². The number of fused-ring (bicyclic) bond motifs is 1. The van der Waals surface area contributed by atoms with Gasteiger partial charge in [0, 0.05) is 34.7 Å². The maximum Gasteiger partial charge on any atom is 0.219 e. The lowest BCUT2D eigenvalue weighted by molar-refractivity contribution is 0.166. The molecule has 1 atom stereocenters. The molecule has 1 fully saturated rings. The molecule has 2 aromatic carbocycles. The van der Waals surface area contributed by atoms with Gasteiger partial charge in [-0.2, -0.15) is 4.39 Å². The Morgan fingerprint density at radius 2 is 1.76 bits per heavy atom. The molecule has 6 nitrogen and oxygen atoms in total. The van der Waals surface area contributed by atoms with Crippen LogP contribution in [0.2, 0.25) is 0 Å². The first-order chi connectivity index (χ1) is 20.1. The third kappa shape index (κ3) is 5.36. The second-order valence-electron chi connectivity index (χ2n) is 11.6. The largest absolute Gasteiger partial charge is 0.473 e. The van der Waals surface area contributed by atoms with E-state index in [1.165, 1.54) is 6.07 Å². The maximum atomic E-state index is 15.6. The Kier molecular flexibility index (Phi) is 7.22. The van der Waals surface area contributed by atoms with Crippen LogP contribution in [-0.4, -0.2) is 32.7 Å². The van der Waals surface area contributed by atoms with Gasteiger partial charge in [-0.15, -0.1) is 0 Å². The third-order valence-electron chi connectivity index (χ3n) is 7.81. The van der Waals surface area contributed by atoms with Crippen molar-refractivity contribution in [1.82, 2.24) is 19.5 Å². The monoisotopic (exact) mass is 572 g/mol. The Hall–Kier alpha value is -4.24. The van der Waals surface area contributed by atoms with E-state index in [9.17, 15) is 4.39 Å². The molecule has 0 aliphatic carbocycles. The van der Waals surface area contributed by atoms with Crippen LogP contribution < -0.4 is 4.74 Å². The second-order valence-corrected chi connectivity index (χ2v) is 11.6. The summed E-state index contributed by atoms with van der Waals surface area (Å²) in [6.07, 6.45) is 0.107.